The predicted octanol–water partition coefficient (Wildman–Crippen LogP) is 3.71. The molecule has 3 aromatic rings. The van der Waals surface area contributed by atoms with Gasteiger partial charge in [0.1, 0.15) is 17.6 Å². The molecule has 1 aliphatic heterocycles. The largest absolute Gasteiger partial charge is 0.497 e. The maximum absolute atomic E-state index is 13.5. The van der Waals surface area contributed by atoms with Gasteiger partial charge >= 0.3 is 0 Å². The van der Waals surface area contributed by atoms with E-state index in [1.807, 2.05) is 56.3 Å². The molecule has 0 radical (unpaired) electrons. The number of carbonyl (C=O) groups excluding carboxylic acids is 1. The average molecular weight is 393 g/mol. The SMILES string of the molecule is CCOc1cn(-c2ccccc2)nc1C(=O)N1C[C@@H](C)Oc2ccc(OC)cc21. The summed E-state index contributed by atoms with van der Waals surface area (Å²) in [7, 11) is 1.59. The summed E-state index contributed by atoms with van der Waals surface area (Å²) in [5.41, 5.74) is 1.77. The maximum Gasteiger partial charge on any atom is 0.282 e. The third-order valence-corrected chi connectivity index (χ3v) is 4.67. The second-order valence-corrected chi connectivity index (χ2v) is 6.73. The van der Waals surface area contributed by atoms with Crippen molar-refractivity contribution in [3.05, 3.63) is 60.4 Å². The van der Waals surface area contributed by atoms with Gasteiger partial charge in [-0.15, -0.1) is 0 Å². The van der Waals surface area contributed by atoms with Gasteiger partial charge in [0, 0.05) is 6.07 Å². The van der Waals surface area contributed by atoms with Crippen molar-refractivity contribution in [2.75, 3.05) is 25.2 Å². The molecule has 0 N–H and O–H groups in total. The number of carbonyl (C=O) groups is 1. The van der Waals surface area contributed by atoms with Gasteiger partial charge in [0.05, 0.1) is 37.8 Å². The molecule has 2 heterocycles. The minimum Gasteiger partial charge on any atom is -0.497 e. The minimum absolute atomic E-state index is 0.147. The molecule has 0 saturated carbocycles. The first-order chi connectivity index (χ1) is 14.1. The number of amides is 1. The van der Waals surface area contributed by atoms with E-state index in [4.69, 9.17) is 14.2 Å². The first-order valence-corrected chi connectivity index (χ1v) is 9.55. The fourth-order valence-corrected chi connectivity index (χ4v) is 3.34. The number of aromatic nitrogens is 2. The van der Waals surface area contributed by atoms with Crippen LogP contribution in [0.25, 0.3) is 5.69 Å². The van der Waals surface area contributed by atoms with E-state index in [-0.39, 0.29) is 17.7 Å². The molecular formula is C22H23N3O4. The smallest absolute Gasteiger partial charge is 0.282 e. The standard InChI is InChI=1S/C22H23N3O4/c1-4-28-20-14-25(16-8-6-5-7-9-16)23-21(20)22(26)24-13-15(2)29-19-11-10-17(27-3)12-18(19)24/h5-12,14-15H,4,13H2,1-3H3/t15-/m1/s1. The molecule has 0 fully saturated rings. The highest BCUT2D eigenvalue weighted by atomic mass is 16.5. The molecule has 1 aromatic heterocycles. The van der Waals surface area contributed by atoms with Crippen molar-refractivity contribution in [1.29, 1.82) is 0 Å². The van der Waals surface area contributed by atoms with Crippen LogP contribution >= 0.6 is 0 Å². The summed E-state index contributed by atoms with van der Waals surface area (Å²) >= 11 is 0. The van der Waals surface area contributed by atoms with Gasteiger partial charge in [-0.25, -0.2) is 4.68 Å². The molecule has 4 rings (SSSR count). The Hall–Kier alpha value is -3.48. The van der Waals surface area contributed by atoms with E-state index in [9.17, 15) is 4.79 Å². The first-order valence-electron chi connectivity index (χ1n) is 9.55. The zero-order valence-electron chi connectivity index (χ0n) is 16.7. The van der Waals surface area contributed by atoms with Gasteiger partial charge in [-0.2, -0.15) is 5.10 Å². The molecule has 0 unspecified atom stereocenters. The average Bonchev–Trinajstić information content (AvgIpc) is 3.17. The Labute approximate surface area is 169 Å². The summed E-state index contributed by atoms with van der Waals surface area (Å²) in [5.74, 6) is 1.50. The summed E-state index contributed by atoms with van der Waals surface area (Å²) < 4.78 is 18.6. The van der Waals surface area contributed by atoms with E-state index < -0.39 is 0 Å². The number of para-hydroxylation sites is 1. The Morgan fingerprint density at radius 2 is 2.03 bits per heavy atom. The molecule has 1 aliphatic rings. The lowest BCUT2D eigenvalue weighted by Crippen LogP contribution is -2.42. The van der Waals surface area contributed by atoms with Crippen molar-refractivity contribution in [1.82, 2.24) is 9.78 Å². The zero-order chi connectivity index (χ0) is 20.4. The van der Waals surface area contributed by atoms with Gasteiger partial charge in [-0.05, 0) is 38.1 Å². The third kappa shape index (κ3) is 3.63. The van der Waals surface area contributed by atoms with Crippen LogP contribution in [0.1, 0.15) is 24.3 Å². The van der Waals surface area contributed by atoms with Crippen molar-refractivity contribution in [2.45, 2.75) is 20.0 Å². The van der Waals surface area contributed by atoms with E-state index in [2.05, 4.69) is 5.10 Å². The summed E-state index contributed by atoms with van der Waals surface area (Å²) in [6.45, 7) is 4.65. The lowest BCUT2D eigenvalue weighted by molar-refractivity contribution is 0.0952. The number of methoxy groups -OCH3 is 1. The molecule has 0 bridgehead atoms. The van der Waals surface area contributed by atoms with E-state index >= 15 is 0 Å². The Balaban J connectivity index is 1.76. The van der Waals surface area contributed by atoms with Gasteiger partial charge in [0.15, 0.2) is 11.4 Å². The monoisotopic (exact) mass is 393 g/mol. The lowest BCUT2D eigenvalue weighted by atomic mass is 10.1. The molecule has 29 heavy (non-hydrogen) atoms. The molecule has 0 spiro atoms. The molecular weight excluding hydrogens is 370 g/mol. The topological polar surface area (TPSA) is 65.8 Å². The highest BCUT2D eigenvalue weighted by Gasteiger charge is 2.32. The van der Waals surface area contributed by atoms with E-state index in [0.29, 0.717) is 36.1 Å². The number of rotatable bonds is 5. The summed E-state index contributed by atoms with van der Waals surface area (Å²) in [6.07, 6.45) is 1.59. The Kier molecular flexibility index (Phi) is 5.12. The van der Waals surface area contributed by atoms with Crippen LogP contribution in [0.15, 0.2) is 54.7 Å². The van der Waals surface area contributed by atoms with Gasteiger partial charge < -0.3 is 14.2 Å². The van der Waals surface area contributed by atoms with Crippen LogP contribution in [0.4, 0.5) is 5.69 Å². The van der Waals surface area contributed by atoms with Gasteiger partial charge in [0.25, 0.3) is 5.91 Å². The molecule has 150 valence electrons. The molecule has 7 nitrogen and oxygen atoms in total. The quantitative estimate of drug-likeness (QED) is 0.661. The summed E-state index contributed by atoms with van der Waals surface area (Å²) in [5, 5.41) is 4.54. The normalized spacial score (nSPS) is 15.4. The number of fused-ring (bicyclic) bond motifs is 1. The van der Waals surface area contributed by atoms with E-state index in [0.717, 1.165) is 5.69 Å². The second-order valence-electron chi connectivity index (χ2n) is 6.73. The minimum atomic E-state index is -0.243. The van der Waals surface area contributed by atoms with Crippen LogP contribution in [0.2, 0.25) is 0 Å². The van der Waals surface area contributed by atoms with Gasteiger partial charge in [-0.1, -0.05) is 18.2 Å². The summed E-state index contributed by atoms with van der Waals surface area (Å²) in [4.78, 5) is 15.2. The molecule has 1 atom stereocenters. The zero-order valence-corrected chi connectivity index (χ0v) is 16.7. The number of hydrogen-bond donors (Lipinski definition) is 0. The Morgan fingerprint density at radius 3 is 2.76 bits per heavy atom. The van der Waals surface area contributed by atoms with Crippen molar-refractivity contribution in [3.8, 4) is 22.9 Å². The number of benzene rings is 2. The Morgan fingerprint density at radius 1 is 1.24 bits per heavy atom. The maximum atomic E-state index is 13.5. The number of nitrogens with zero attached hydrogens (tertiary/aromatic N) is 3. The van der Waals surface area contributed by atoms with Crippen LogP contribution < -0.4 is 19.1 Å². The van der Waals surface area contributed by atoms with Crippen LogP contribution in [0, 0.1) is 0 Å². The molecule has 0 aliphatic carbocycles. The number of hydrogen-bond acceptors (Lipinski definition) is 5. The molecule has 2 aromatic carbocycles. The fourth-order valence-electron chi connectivity index (χ4n) is 3.34. The molecule has 0 saturated heterocycles. The van der Waals surface area contributed by atoms with Crippen LogP contribution in [0.5, 0.6) is 17.2 Å². The van der Waals surface area contributed by atoms with Crippen molar-refractivity contribution < 1.29 is 19.0 Å². The predicted molar refractivity (Wildman–Crippen MR) is 109 cm³/mol. The van der Waals surface area contributed by atoms with Gasteiger partial charge in [-0.3, -0.25) is 9.69 Å². The second kappa shape index (κ2) is 7.87. The van der Waals surface area contributed by atoms with Crippen molar-refractivity contribution in [2.24, 2.45) is 0 Å². The number of anilines is 1. The third-order valence-electron chi connectivity index (χ3n) is 4.67. The highest BCUT2D eigenvalue weighted by Crippen LogP contribution is 2.38. The van der Waals surface area contributed by atoms with Crippen molar-refractivity contribution >= 4 is 11.6 Å². The molecule has 1 amide bonds. The fraction of sp³-hybridized carbons (Fsp3) is 0.273. The highest BCUT2D eigenvalue weighted by molar-refractivity contribution is 6.07. The number of ether oxygens (including phenoxy) is 3. The van der Waals surface area contributed by atoms with Crippen LogP contribution in [0.3, 0.4) is 0 Å². The molecule has 7 heteroatoms. The van der Waals surface area contributed by atoms with Gasteiger partial charge in [0.2, 0.25) is 0 Å². The summed E-state index contributed by atoms with van der Waals surface area (Å²) in [6, 6.07) is 15.1. The lowest BCUT2D eigenvalue weighted by Gasteiger charge is -2.33. The van der Waals surface area contributed by atoms with Crippen LogP contribution in [-0.2, 0) is 0 Å². The first kappa shape index (κ1) is 18.9. The Bertz CT molecular complexity index is 1020. The van der Waals surface area contributed by atoms with E-state index in [1.54, 1.807) is 29.0 Å². The van der Waals surface area contributed by atoms with Crippen LogP contribution in [-0.4, -0.2) is 42.1 Å². The van der Waals surface area contributed by atoms with E-state index in [1.165, 1.54) is 0 Å². The van der Waals surface area contributed by atoms with Crippen molar-refractivity contribution in [3.63, 3.8) is 0 Å².